The highest BCUT2D eigenvalue weighted by Gasteiger charge is 2.10. The molecule has 0 spiro atoms. The minimum atomic E-state index is 0.266. The lowest BCUT2D eigenvalue weighted by molar-refractivity contribution is 0.415. The molecule has 0 bridgehead atoms. The quantitative estimate of drug-likeness (QED) is 0.135. The molecule has 0 aliphatic rings. The molecule has 4 heterocycles. The van der Waals surface area contributed by atoms with Crippen LogP contribution in [0.1, 0.15) is 0 Å². The summed E-state index contributed by atoms with van der Waals surface area (Å²) < 4.78 is 9.77. The van der Waals surface area contributed by atoms with Crippen molar-refractivity contribution < 1.29 is 9.84 Å². The van der Waals surface area contributed by atoms with Gasteiger partial charge in [0.05, 0.1) is 18.1 Å². The number of phenols is 1. The predicted molar refractivity (Wildman–Crippen MR) is 181 cm³/mol. The molecule has 4 aromatic carbocycles. The summed E-state index contributed by atoms with van der Waals surface area (Å²) in [5.74, 6) is 1.12. The topological polar surface area (TPSA) is 64.1 Å². The molecule has 0 fully saturated rings. The third-order valence-electron chi connectivity index (χ3n) is 6.90. The van der Waals surface area contributed by atoms with Crippen LogP contribution in [-0.2, 0) is 0 Å². The summed E-state index contributed by atoms with van der Waals surface area (Å²) >= 11 is 9.31. The zero-order valence-corrected chi connectivity index (χ0v) is 26.5. The molecule has 4 aromatic heterocycles. The van der Waals surface area contributed by atoms with Crippen molar-refractivity contribution >= 4 is 105 Å². The number of fused-ring (bicyclic) bond motifs is 12. The molecule has 0 saturated carbocycles. The average Bonchev–Trinajstić information content (AvgIpc) is 3.68. The van der Waals surface area contributed by atoms with Crippen molar-refractivity contribution in [3.8, 4) is 11.5 Å². The van der Waals surface area contributed by atoms with Crippen molar-refractivity contribution in [2.24, 2.45) is 0 Å². The maximum atomic E-state index is 9.66. The van der Waals surface area contributed by atoms with Crippen molar-refractivity contribution in [3.63, 3.8) is 0 Å². The van der Waals surface area contributed by atoms with E-state index in [1.165, 1.54) is 16.3 Å². The molecule has 41 heavy (non-hydrogen) atoms. The fourth-order valence-electron chi connectivity index (χ4n) is 5.24. The molecule has 0 amide bonds. The molecule has 8 rings (SSSR count). The van der Waals surface area contributed by atoms with Gasteiger partial charge in [-0.3, -0.25) is 8.80 Å². The van der Waals surface area contributed by atoms with Gasteiger partial charge in [-0.1, -0.05) is 36.4 Å². The number of rotatable bonds is 1. The highest BCUT2D eigenvalue weighted by Crippen LogP contribution is 2.32. The number of hydrogen-bond acceptors (Lipinski definition) is 4. The van der Waals surface area contributed by atoms with Gasteiger partial charge in [0.25, 0.3) is 0 Å². The molecule has 0 aliphatic heterocycles. The van der Waals surface area contributed by atoms with Gasteiger partial charge >= 0.3 is 3.18 Å². The zero-order valence-electron chi connectivity index (χ0n) is 21.7. The summed E-state index contributed by atoms with van der Waals surface area (Å²) in [5, 5.41) is 16.5. The molecule has 6 nitrogen and oxygen atoms in total. The third-order valence-corrected chi connectivity index (χ3v) is 6.90. The number of pyridine rings is 2. The summed E-state index contributed by atoms with van der Waals surface area (Å²) in [6.45, 7) is 0. The van der Waals surface area contributed by atoms with Crippen molar-refractivity contribution in [2.45, 2.75) is 0 Å². The second-order valence-electron chi connectivity index (χ2n) is 9.16. The zero-order chi connectivity index (χ0) is 28.5. The molecule has 0 saturated heterocycles. The predicted octanol–water partition coefficient (Wildman–Crippen LogP) is 9.15. The van der Waals surface area contributed by atoms with Crippen LogP contribution >= 0.6 is 47.3 Å². The Morgan fingerprint density at radius 3 is 1.66 bits per heavy atom. The van der Waals surface area contributed by atoms with Crippen LogP contribution in [0.5, 0.6) is 11.5 Å². The lowest BCUT2D eigenvalue weighted by Gasteiger charge is -2.09. The molecular weight excluding hydrogens is 711 g/mol. The lowest BCUT2D eigenvalue weighted by atomic mass is 10.1. The number of ether oxygens (including phenoxy) is 1. The lowest BCUT2D eigenvalue weighted by Crippen LogP contribution is -1.91. The van der Waals surface area contributed by atoms with Gasteiger partial charge in [-0.2, -0.15) is 0 Å². The SMILES string of the molecule is BrB(Br)Br.COc1ccc2c3ccccc3n3ccnc3c2c1.Oc1ccc2c3ccccc3n3ccnc3c2c1. The number of imidazole rings is 2. The van der Waals surface area contributed by atoms with E-state index in [4.69, 9.17) is 4.74 Å². The van der Waals surface area contributed by atoms with Crippen LogP contribution in [0.15, 0.2) is 110 Å². The summed E-state index contributed by atoms with van der Waals surface area (Å²) in [6, 6.07) is 28.2. The summed E-state index contributed by atoms with van der Waals surface area (Å²) in [7, 11) is 1.69. The first-order valence-corrected chi connectivity index (χ1v) is 15.4. The molecule has 8 aromatic rings. The van der Waals surface area contributed by atoms with Gasteiger partial charge in [-0.15, -0.1) is 47.3 Å². The Morgan fingerprint density at radius 2 is 1.12 bits per heavy atom. The molecule has 0 aliphatic carbocycles. The first kappa shape index (κ1) is 27.6. The molecule has 0 unspecified atom stereocenters. The van der Waals surface area contributed by atoms with Crippen molar-refractivity contribution in [1.82, 2.24) is 18.8 Å². The number of aromatic hydroxyl groups is 1. The van der Waals surface area contributed by atoms with E-state index in [1.807, 2.05) is 48.9 Å². The van der Waals surface area contributed by atoms with E-state index in [1.54, 1.807) is 25.4 Å². The molecule has 0 radical (unpaired) electrons. The Morgan fingerprint density at radius 1 is 0.634 bits per heavy atom. The van der Waals surface area contributed by atoms with Gasteiger partial charge in [0, 0.05) is 46.3 Å². The highest BCUT2D eigenvalue weighted by atomic mass is 79.9. The second kappa shape index (κ2) is 11.7. The Kier molecular flexibility index (Phi) is 7.88. The minimum Gasteiger partial charge on any atom is -0.508 e. The van der Waals surface area contributed by atoms with E-state index in [2.05, 4.69) is 109 Å². The number of nitrogens with zero attached hydrogens (tertiary/aromatic N) is 4. The van der Waals surface area contributed by atoms with Gasteiger partial charge in [-0.25, -0.2) is 9.97 Å². The first-order valence-electron chi connectivity index (χ1n) is 12.7. The van der Waals surface area contributed by atoms with Crippen LogP contribution in [0.4, 0.5) is 0 Å². The Bertz CT molecular complexity index is 2180. The summed E-state index contributed by atoms with van der Waals surface area (Å²) in [4.78, 5) is 8.87. The summed E-state index contributed by atoms with van der Waals surface area (Å²) in [6.07, 6.45) is 7.56. The first-order chi connectivity index (χ1) is 20.0. The van der Waals surface area contributed by atoms with Gasteiger partial charge in [-0.05, 0) is 59.3 Å². The summed E-state index contributed by atoms with van der Waals surface area (Å²) in [5.41, 5.74) is 4.14. The number of aromatic nitrogens is 4. The smallest absolute Gasteiger partial charge is 0.369 e. The van der Waals surface area contributed by atoms with Crippen LogP contribution in [0, 0.1) is 0 Å². The molecule has 1 N–H and O–H groups in total. The Balaban J connectivity index is 0.000000131. The Labute approximate surface area is 260 Å². The van der Waals surface area contributed by atoms with Gasteiger partial charge in [0.1, 0.15) is 22.8 Å². The number of para-hydroxylation sites is 2. The molecular formula is C31H22BBr3N4O2. The van der Waals surface area contributed by atoms with Gasteiger partial charge in [0.2, 0.25) is 0 Å². The van der Waals surface area contributed by atoms with Crippen LogP contribution < -0.4 is 4.74 Å². The Hall–Kier alpha value is -3.60. The number of benzene rings is 4. The molecule has 202 valence electrons. The van der Waals surface area contributed by atoms with E-state index in [9.17, 15) is 5.11 Å². The highest BCUT2D eigenvalue weighted by molar-refractivity contribution is 9.69. The van der Waals surface area contributed by atoms with Crippen molar-refractivity contribution in [3.05, 3.63) is 110 Å². The van der Waals surface area contributed by atoms with Crippen LogP contribution in [0.25, 0.3) is 54.6 Å². The number of halogens is 3. The third kappa shape index (κ3) is 5.27. The molecule has 10 heteroatoms. The van der Waals surface area contributed by atoms with Crippen LogP contribution in [0.3, 0.4) is 0 Å². The minimum absolute atomic E-state index is 0.266. The van der Waals surface area contributed by atoms with Gasteiger partial charge < -0.3 is 9.84 Å². The average molecular weight is 733 g/mol. The monoisotopic (exact) mass is 730 g/mol. The normalized spacial score (nSPS) is 11.0. The second-order valence-corrected chi connectivity index (χ2v) is 15.6. The van der Waals surface area contributed by atoms with E-state index in [0.717, 1.165) is 44.1 Å². The maximum Gasteiger partial charge on any atom is 0.369 e. The largest absolute Gasteiger partial charge is 0.508 e. The standard InChI is InChI=1S/C16H12N2O.C15H10N2O.BBr3/c1-19-11-6-7-12-13-4-2-3-5-15(13)18-9-8-17-16(18)14(12)10-11;18-10-5-6-11-12-3-1-2-4-14(12)17-8-7-16-15(17)13(11)9-10;2-1(3)4/h2-10H,1H3;1-9,18H;. The van der Waals surface area contributed by atoms with Crippen molar-refractivity contribution in [2.75, 3.05) is 7.11 Å². The van der Waals surface area contributed by atoms with Crippen LogP contribution in [-0.4, -0.2) is 34.2 Å². The maximum absolute atomic E-state index is 9.66. The van der Waals surface area contributed by atoms with Crippen molar-refractivity contribution in [1.29, 1.82) is 0 Å². The van der Waals surface area contributed by atoms with E-state index < -0.39 is 0 Å². The van der Waals surface area contributed by atoms with E-state index in [-0.39, 0.29) is 8.93 Å². The van der Waals surface area contributed by atoms with Gasteiger partial charge in [0.15, 0.2) is 0 Å². The van der Waals surface area contributed by atoms with E-state index in [0.29, 0.717) is 0 Å². The van der Waals surface area contributed by atoms with E-state index >= 15 is 0 Å². The fourth-order valence-corrected chi connectivity index (χ4v) is 5.24. The number of phenolic OH excluding ortho intramolecular Hbond substituents is 1. The fraction of sp³-hybridized carbons (Fsp3) is 0.0323. The molecule has 0 atom stereocenters. The van der Waals surface area contributed by atoms with Crippen LogP contribution in [0.2, 0.25) is 0 Å². The number of hydrogen-bond donors (Lipinski definition) is 1. The number of methoxy groups -OCH3 is 1.